The summed E-state index contributed by atoms with van der Waals surface area (Å²) < 4.78 is 0. The summed E-state index contributed by atoms with van der Waals surface area (Å²) in [6.07, 6.45) is 2.03. The number of rotatable bonds is 6. The van der Waals surface area contributed by atoms with Gasteiger partial charge in [0.15, 0.2) is 0 Å². The molecule has 0 unspecified atom stereocenters. The molecule has 102 valence electrons. The largest absolute Gasteiger partial charge is 0.334 e. The first kappa shape index (κ1) is 14.1. The van der Waals surface area contributed by atoms with Gasteiger partial charge in [0, 0.05) is 19.5 Å². The van der Waals surface area contributed by atoms with Crippen molar-refractivity contribution in [2.24, 2.45) is 0 Å². The zero-order valence-corrected chi connectivity index (χ0v) is 11.5. The van der Waals surface area contributed by atoms with E-state index in [4.69, 9.17) is 0 Å². The molecule has 0 N–H and O–H groups in total. The molecule has 1 amide bonds. The molecule has 0 radical (unpaired) electrons. The van der Waals surface area contributed by atoms with Gasteiger partial charge < -0.3 is 4.90 Å². The van der Waals surface area contributed by atoms with E-state index in [1.54, 1.807) is 6.08 Å². The molecule has 0 aliphatic carbocycles. The Bertz CT molecular complexity index is 507. The van der Waals surface area contributed by atoms with Gasteiger partial charge in [-0.05, 0) is 11.1 Å². The maximum Gasteiger partial charge on any atom is 0.226 e. The minimum atomic E-state index is 0.104. The van der Waals surface area contributed by atoms with Gasteiger partial charge in [-0.1, -0.05) is 66.7 Å². The highest BCUT2D eigenvalue weighted by atomic mass is 16.2. The molecule has 2 aromatic carbocycles. The van der Waals surface area contributed by atoms with Crippen molar-refractivity contribution in [3.63, 3.8) is 0 Å². The summed E-state index contributed by atoms with van der Waals surface area (Å²) in [5.74, 6) is 0.104. The average molecular weight is 265 g/mol. The van der Waals surface area contributed by atoms with Gasteiger partial charge in [-0.3, -0.25) is 4.79 Å². The van der Waals surface area contributed by atoms with E-state index < -0.39 is 0 Å². The topological polar surface area (TPSA) is 20.3 Å². The second-order valence-electron chi connectivity index (χ2n) is 4.71. The molecule has 0 fully saturated rings. The van der Waals surface area contributed by atoms with Crippen LogP contribution in [-0.4, -0.2) is 10.8 Å². The zero-order valence-electron chi connectivity index (χ0n) is 11.5. The van der Waals surface area contributed by atoms with Crippen molar-refractivity contribution >= 4 is 5.91 Å². The number of benzene rings is 2. The van der Waals surface area contributed by atoms with Crippen LogP contribution >= 0.6 is 0 Å². The fraction of sp³-hybridized carbons (Fsp3) is 0.167. The molecule has 0 heterocycles. The molecule has 2 heteroatoms. The van der Waals surface area contributed by atoms with Gasteiger partial charge in [0.05, 0.1) is 0 Å². The summed E-state index contributed by atoms with van der Waals surface area (Å²) in [7, 11) is 0. The number of nitrogens with zero attached hydrogens (tertiary/aromatic N) is 1. The van der Waals surface area contributed by atoms with E-state index >= 15 is 0 Å². The summed E-state index contributed by atoms with van der Waals surface area (Å²) in [6, 6.07) is 20.1. The second kappa shape index (κ2) is 7.29. The molecular weight excluding hydrogens is 246 g/mol. The zero-order chi connectivity index (χ0) is 14.2. The van der Waals surface area contributed by atoms with Crippen LogP contribution in [0.4, 0.5) is 0 Å². The Hall–Kier alpha value is -2.35. The standard InChI is InChI=1S/C18H19NO/c1-2-9-18(20)19(14-16-10-5-3-6-11-16)15-17-12-7-4-8-13-17/h2-8,10-13H,1,9,14-15H2. The number of amides is 1. The molecule has 0 aliphatic heterocycles. The van der Waals surface area contributed by atoms with E-state index in [-0.39, 0.29) is 5.91 Å². The van der Waals surface area contributed by atoms with Gasteiger partial charge in [0.25, 0.3) is 0 Å². The minimum Gasteiger partial charge on any atom is -0.334 e. The van der Waals surface area contributed by atoms with E-state index in [0.29, 0.717) is 19.5 Å². The second-order valence-corrected chi connectivity index (χ2v) is 4.71. The van der Waals surface area contributed by atoms with Crippen LogP contribution < -0.4 is 0 Å². The highest BCUT2D eigenvalue weighted by Gasteiger charge is 2.12. The highest BCUT2D eigenvalue weighted by Crippen LogP contribution is 2.11. The molecule has 0 aromatic heterocycles. The van der Waals surface area contributed by atoms with Gasteiger partial charge in [0.2, 0.25) is 5.91 Å². The summed E-state index contributed by atoms with van der Waals surface area (Å²) in [6.45, 7) is 4.90. The van der Waals surface area contributed by atoms with Crippen LogP contribution in [0.5, 0.6) is 0 Å². The Morgan fingerprint density at radius 2 is 1.35 bits per heavy atom. The van der Waals surface area contributed by atoms with E-state index in [1.165, 1.54) is 0 Å². The Labute approximate surface area is 120 Å². The predicted molar refractivity (Wildman–Crippen MR) is 82.0 cm³/mol. The molecule has 0 atom stereocenters. The SMILES string of the molecule is C=CCC(=O)N(Cc1ccccc1)Cc1ccccc1. The first-order valence-corrected chi connectivity index (χ1v) is 6.76. The maximum absolute atomic E-state index is 12.2. The lowest BCUT2D eigenvalue weighted by Gasteiger charge is -2.22. The van der Waals surface area contributed by atoms with E-state index in [9.17, 15) is 4.79 Å². The van der Waals surface area contributed by atoms with Crippen molar-refractivity contribution in [2.45, 2.75) is 19.5 Å². The van der Waals surface area contributed by atoms with Crippen LogP contribution in [0.25, 0.3) is 0 Å². The molecule has 0 aliphatic rings. The Morgan fingerprint density at radius 1 is 0.900 bits per heavy atom. The monoisotopic (exact) mass is 265 g/mol. The molecule has 0 spiro atoms. The fourth-order valence-electron chi connectivity index (χ4n) is 2.09. The summed E-state index contributed by atoms with van der Waals surface area (Å²) >= 11 is 0. The lowest BCUT2D eigenvalue weighted by molar-refractivity contribution is -0.131. The molecule has 0 saturated heterocycles. The van der Waals surface area contributed by atoms with Crippen molar-refractivity contribution in [1.82, 2.24) is 4.90 Å². The molecule has 0 saturated carbocycles. The van der Waals surface area contributed by atoms with Crippen LogP contribution in [0.3, 0.4) is 0 Å². The summed E-state index contributed by atoms with van der Waals surface area (Å²) in [5.41, 5.74) is 2.28. The predicted octanol–water partition coefficient (Wildman–Crippen LogP) is 3.79. The molecule has 2 aromatic rings. The van der Waals surface area contributed by atoms with Crippen molar-refractivity contribution in [3.8, 4) is 0 Å². The number of hydrogen-bond acceptors (Lipinski definition) is 1. The maximum atomic E-state index is 12.2. The first-order chi connectivity index (χ1) is 9.79. The third-order valence-electron chi connectivity index (χ3n) is 3.10. The third kappa shape index (κ3) is 4.09. The van der Waals surface area contributed by atoms with Crippen LogP contribution in [0, 0.1) is 0 Å². The van der Waals surface area contributed by atoms with Crippen molar-refractivity contribution in [1.29, 1.82) is 0 Å². The van der Waals surface area contributed by atoms with Crippen LogP contribution in [0.2, 0.25) is 0 Å². The van der Waals surface area contributed by atoms with Crippen molar-refractivity contribution < 1.29 is 4.79 Å². The highest BCUT2D eigenvalue weighted by molar-refractivity contribution is 5.77. The minimum absolute atomic E-state index is 0.104. The number of carbonyl (C=O) groups is 1. The van der Waals surface area contributed by atoms with Gasteiger partial charge in [-0.15, -0.1) is 6.58 Å². The molecule has 20 heavy (non-hydrogen) atoms. The molecule has 0 bridgehead atoms. The van der Waals surface area contributed by atoms with Gasteiger partial charge in [-0.2, -0.15) is 0 Å². The van der Waals surface area contributed by atoms with Gasteiger partial charge >= 0.3 is 0 Å². The van der Waals surface area contributed by atoms with Crippen LogP contribution in [0.1, 0.15) is 17.5 Å². The first-order valence-electron chi connectivity index (χ1n) is 6.76. The van der Waals surface area contributed by atoms with Crippen molar-refractivity contribution in [3.05, 3.63) is 84.4 Å². The average Bonchev–Trinajstić information content (AvgIpc) is 2.49. The quantitative estimate of drug-likeness (QED) is 0.728. The normalized spacial score (nSPS) is 10.0. The summed E-state index contributed by atoms with van der Waals surface area (Å²) in [4.78, 5) is 14.1. The van der Waals surface area contributed by atoms with E-state index in [1.807, 2.05) is 65.6 Å². The lowest BCUT2D eigenvalue weighted by Crippen LogP contribution is -2.29. The Kier molecular flexibility index (Phi) is 5.13. The Morgan fingerprint density at radius 3 is 1.75 bits per heavy atom. The number of hydrogen-bond donors (Lipinski definition) is 0. The van der Waals surface area contributed by atoms with E-state index in [2.05, 4.69) is 6.58 Å². The van der Waals surface area contributed by atoms with Gasteiger partial charge in [-0.25, -0.2) is 0 Å². The smallest absolute Gasteiger partial charge is 0.226 e. The lowest BCUT2D eigenvalue weighted by atomic mass is 10.1. The van der Waals surface area contributed by atoms with Crippen LogP contribution in [0.15, 0.2) is 73.3 Å². The Balaban J connectivity index is 2.12. The van der Waals surface area contributed by atoms with Crippen LogP contribution in [-0.2, 0) is 17.9 Å². The fourth-order valence-corrected chi connectivity index (χ4v) is 2.09. The summed E-state index contributed by atoms with van der Waals surface area (Å²) in [5, 5.41) is 0. The number of carbonyl (C=O) groups excluding carboxylic acids is 1. The molecular formula is C18H19NO. The molecule has 2 nitrogen and oxygen atoms in total. The van der Waals surface area contributed by atoms with Crippen molar-refractivity contribution in [2.75, 3.05) is 0 Å². The third-order valence-corrected chi connectivity index (χ3v) is 3.10. The van der Waals surface area contributed by atoms with E-state index in [0.717, 1.165) is 11.1 Å². The van der Waals surface area contributed by atoms with Gasteiger partial charge in [0.1, 0.15) is 0 Å². The molecule has 2 rings (SSSR count).